The fourth-order valence-corrected chi connectivity index (χ4v) is 2.43. The van der Waals surface area contributed by atoms with Crippen LogP contribution in [0, 0.1) is 0 Å². The molecule has 0 unspecified atom stereocenters. The highest BCUT2D eigenvalue weighted by Crippen LogP contribution is 2.18. The van der Waals surface area contributed by atoms with Crippen molar-refractivity contribution in [1.29, 1.82) is 0 Å². The number of rotatable bonds is 7. The van der Waals surface area contributed by atoms with Crippen LogP contribution < -0.4 is 10.5 Å². The third kappa shape index (κ3) is 3.97. The molecule has 0 spiro atoms. The summed E-state index contributed by atoms with van der Waals surface area (Å²) in [7, 11) is 1.89. The molecular weight excluding hydrogens is 260 g/mol. The number of ether oxygens (including phenoxy) is 1. The van der Waals surface area contributed by atoms with E-state index in [1.54, 1.807) is 22.8 Å². The monoisotopic (exact) mass is 278 g/mol. The van der Waals surface area contributed by atoms with Crippen LogP contribution in [0.15, 0.2) is 35.7 Å². The number of para-hydroxylation sites is 1. The van der Waals surface area contributed by atoms with Crippen molar-refractivity contribution in [3.05, 3.63) is 36.2 Å². The van der Waals surface area contributed by atoms with Gasteiger partial charge in [0.05, 0.1) is 6.61 Å². The molecule has 2 N–H and O–H groups in total. The average Bonchev–Trinajstić information content (AvgIpc) is 2.84. The van der Waals surface area contributed by atoms with Gasteiger partial charge in [0.2, 0.25) is 0 Å². The van der Waals surface area contributed by atoms with E-state index in [2.05, 4.69) is 10.1 Å². The summed E-state index contributed by atoms with van der Waals surface area (Å²) in [4.78, 5) is 4.16. The first-order valence-electron chi connectivity index (χ1n) is 6.19. The minimum atomic E-state index is 0.504. The molecule has 0 amide bonds. The van der Waals surface area contributed by atoms with E-state index in [4.69, 9.17) is 10.5 Å². The third-order valence-electron chi connectivity index (χ3n) is 2.64. The summed E-state index contributed by atoms with van der Waals surface area (Å²) in [5.74, 6) is 1.84. The highest BCUT2D eigenvalue weighted by Gasteiger charge is 2.02. The molecule has 2 rings (SSSR count). The maximum Gasteiger partial charge on any atom is 0.185 e. The quantitative estimate of drug-likeness (QED) is 0.618. The predicted molar refractivity (Wildman–Crippen MR) is 76.2 cm³/mol. The molecule has 1 aromatic heterocycles. The van der Waals surface area contributed by atoms with Crippen LogP contribution in [0.2, 0.25) is 0 Å². The van der Waals surface area contributed by atoms with E-state index in [0.29, 0.717) is 13.2 Å². The van der Waals surface area contributed by atoms with Crippen molar-refractivity contribution in [2.45, 2.75) is 18.1 Å². The molecule has 6 heteroatoms. The SMILES string of the molecule is Cn1ncnc1SCCCOc1ccccc1CN. The summed E-state index contributed by atoms with van der Waals surface area (Å²) >= 11 is 1.68. The molecular formula is C13H18N4OS. The Morgan fingerprint density at radius 1 is 1.37 bits per heavy atom. The molecule has 0 saturated heterocycles. The predicted octanol–water partition coefficient (Wildman–Crippen LogP) is 1.83. The van der Waals surface area contributed by atoms with Crippen molar-refractivity contribution >= 4 is 11.8 Å². The zero-order chi connectivity index (χ0) is 13.5. The zero-order valence-corrected chi connectivity index (χ0v) is 11.8. The van der Waals surface area contributed by atoms with Crippen LogP contribution in [-0.2, 0) is 13.6 Å². The van der Waals surface area contributed by atoms with E-state index in [0.717, 1.165) is 28.6 Å². The largest absolute Gasteiger partial charge is 0.493 e. The van der Waals surface area contributed by atoms with Crippen molar-refractivity contribution in [3.63, 3.8) is 0 Å². The molecule has 0 radical (unpaired) electrons. The molecule has 0 bridgehead atoms. The van der Waals surface area contributed by atoms with E-state index in [9.17, 15) is 0 Å². The highest BCUT2D eigenvalue weighted by atomic mass is 32.2. The number of aryl methyl sites for hydroxylation is 1. The second-order valence-corrected chi connectivity index (χ2v) is 5.09. The summed E-state index contributed by atoms with van der Waals surface area (Å²) in [6.45, 7) is 1.19. The summed E-state index contributed by atoms with van der Waals surface area (Å²) in [5, 5.41) is 4.96. The molecule has 0 atom stereocenters. The van der Waals surface area contributed by atoms with Gasteiger partial charge in [-0.2, -0.15) is 5.10 Å². The Balaban J connectivity index is 1.71. The summed E-state index contributed by atoms with van der Waals surface area (Å²) in [6, 6.07) is 7.88. The van der Waals surface area contributed by atoms with E-state index >= 15 is 0 Å². The fourth-order valence-electron chi connectivity index (χ4n) is 1.63. The van der Waals surface area contributed by atoms with Crippen LogP contribution in [0.4, 0.5) is 0 Å². The van der Waals surface area contributed by atoms with Crippen LogP contribution in [-0.4, -0.2) is 27.1 Å². The van der Waals surface area contributed by atoms with Crippen molar-refractivity contribution < 1.29 is 4.74 Å². The minimum Gasteiger partial charge on any atom is -0.493 e. The topological polar surface area (TPSA) is 66.0 Å². The second kappa shape index (κ2) is 7.16. The lowest BCUT2D eigenvalue weighted by Gasteiger charge is -2.09. The standard InChI is InChI=1S/C13H18N4OS/c1-17-13(15-10-16-17)19-8-4-7-18-12-6-3-2-5-11(12)9-14/h2-3,5-6,10H,4,7-9,14H2,1H3. The molecule has 1 heterocycles. The van der Waals surface area contributed by atoms with Crippen LogP contribution in [0.1, 0.15) is 12.0 Å². The Hall–Kier alpha value is -1.53. The van der Waals surface area contributed by atoms with Crippen molar-refractivity contribution in [1.82, 2.24) is 14.8 Å². The Morgan fingerprint density at radius 2 is 2.21 bits per heavy atom. The number of thioether (sulfide) groups is 1. The number of nitrogens with zero attached hydrogens (tertiary/aromatic N) is 3. The third-order valence-corrected chi connectivity index (χ3v) is 3.76. The van der Waals surface area contributed by atoms with Gasteiger partial charge in [0.15, 0.2) is 5.16 Å². The van der Waals surface area contributed by atoms with Gasteiger partial charge in [-0.05, 0) is 12.5 Å². The van der Waals surface area contributed by atoms with Gasteiger partial charge in [-0.15, -0.1) is 0 Å². The van der Waals surface area contributed by atoms with E-state index < -0.39 is 0 Å². The molecule has 19 heavy (non-hydrogen) atoms. The summed E-state index contributed by atoms with van der Waals surface area (Å²) < 4.78 is 7.51. The fraction of sp³-hybridized carbons (Fsp3) is 0.385. The molecule has 5 nitrogen and oxygen atoms in total. The lowest BCUT2D eigenvalue weighted by atomic mass is 10.2. The van der Waals surface area contributed by atoms with Crippen molar-refractivity contribution in [3.8, 4) is 5.75 Å². The number of hydrogen-bond acceptors (Lipinski definition) is 5. The van der Waals surface area contributed by atoms with E-state index in [-0.39, 0.29) is 0 Å². The van der Waals surface area contributed by atoms with Crippen LogP contribution >= 0.6 is 11.8 Å². The number of hydrogen-bond donors (Lipinski definition) is 1. The molecule has 0 aliphatic carbocycles. The maximum atomic E-state index is 5.74. The number of nitrogens with two attached hydrogens (primary N) is 1. The number of benzene rings is 1. The first-order chi connectivity index (χ1) is 9.31. The van der Waals surface area contributed by atoms with Crippen molar-refractivity contribution in [2.24, 2.45) is 12.8 Å². The van der Waals surface area contributed by atoms with Crippen LogP contribution in [0.5, 0.6) is 5.75 Å². The number of aromatic nitrogens is 3. The normalized spacial score (nSPS) is 10.6. The first-order valence-corrected chi connectivity index (χ1v) is 7.17. The van der Waals surface area contributed by atoms with E-state index in [1.165, 1.54) is 0 Å². The lowest BCUT2D eigenvalue weighted by molar-refractivity contribution is 0.315. The minimum absolute atomic E-state index is 0.504. The van der Waals surface area contributed by atoms with Gasteiger partial charge in [-0.1, -0.05) is 30.0 Å². The second-order valence-electron chi connectivity index (χ2n) is 4.03. The van der Waals surface area contributed by atoms with Gasteiger partial charge < -0.3 is 10.5 Å². The molecule has 0 aliphatic heterocycles. The Bertz CT molecular complexity index is 515. The Morgan fingerprint density at radius 3 is 2.95 bits per heavy atom. The first kappa shape index (κ1) is 13.9. The average molecular weight is 278 g/mol. The molecule has 0 saturated carbocycles. The van der Waals surface area contributed by atoms with Crippen LogP contribution in [0.25, 0.3) is 0 Å². The molecule has 0 fully saturated rings. The molecule has 0 aliphatic rings. The van der Waals surface area contributed by atoms with Gasteiger partial charge >= 0.3 is 0 Å². The highest BCUT2D eigenvalue weighted by molar-refractivity contribution is 7.99. The Kier molecular flexibility index (Phi) is 5.23. The van der Waals surface area contributed by atoms with Gasteiger partial charge in [0.1, 0.15) is 12.1 Å². The zero-order valence-electron chi connectivity index (χ0n) is 11.0. The van der Waals surface area contributed by atoms with Crippen LogP contribution in [0.3, 0.4) is 0 Å². The van der Waals surface area contributed by atoms with E-state index in [1.807, 2.05) is 31.3 Å². The molecule has 102 valence electrons. The van der Waals surface area contributed by atoms with Gasteiger partial charge in [-0.25, -0.2) is 9.67 Å². The molecule has 1 aromatic carbocycles. The molecule has 2 aromatic rings. The summed E-state index contributed by atoms with van der Waals surface area (Å²) in [5.41, 5.74) is 6.70. The lowest BCUT2D eigenvalue weighted by Crippen LogP contribution is -2.04. The van der Waals surface area contributed by atoms with Gasteiger partial charge in [0.25, 0.3) is 0 Å². The summed E-state index contributed by atoms with van der Waals surface area (Å²) in [6.07, 6.45) is 2.52. The maximum absolute atomic E-state index is 5.74. The van der Waals surface area contributed by atoms with Gasteiger partial charge in [-0.3, -0.25) is 0 Å². The smallest absolute Gasteiger partial charge is 0.185 e. The Labute approximate surface area is 117 Å². The van der Waals surface area contributed by atoms with Gasteiger partial charge in [0, 0.05) is 24.9 Å². The van der Waals surface area contributed by atoms with Crippen molar-refractivity contribution in [2.75, 3.05) is 12.4 Å².